The van der Waals surface area contributed by atoms with Crippen LogP contribution in [0, 0.1) is 0 Å². The highest BCUT2D eigenvalue weighted by atomic mass is 32.1. The SMILES string of the molecule is NC(=O)c1ccccc1OCc1cccc(C(=O)Nc2nc(CN3CCCCC3)cs2)c1. The number of carbonyl (C=O) groups is 2. The minimum atomic E-state index is -0.545. The van der Waals surface area contributed by atoms with E-state index in [0.29, 0.717) is 22.0 Å². The van der Waals surface area contributed by atoms with Crippen molar-refractivity contribution in [3.05, 3.63) is 76.3 Å². The van der Waals surface area contributed by atoms with Gasteiger partial charge in [-0.25, -0.2) is 4.98 Å². The molecule has 1 aliphatic heterocycles. The van der Waals surface area contributed by atoms with Gasteiger partial charge in [0.2, 0.25) is 0 Å². The molecule has 1 fully saturated rings. The zero-order valence-corrected chi connectivity index (χ0v) is 18.6. The summed E-state index contributed by atoms with van der Waals surface area (Å²) in [5, 5.41) is 5.49. The first-order valence-electron chi connectivity index (χ1n) is 10.7. The lowest BCUT2D eigenvalue weighted by molar-refractivity contribution is 0.0994. The van der Waals surface area contributed by atoms with Crippen LogP contribution in [0.2, 0.25) is 0 Å². The van der Waals surface area contributed by atoms with Gasteiger partial charge in [-0.1, -0.05) is 30.7 Å². The first-order valence-corrected chi connectivity index (χ1v) is 11.5. The number of hydrogen-bond donors (Lipinski definition) is 2. The summed E-state index contributed by atoms with van der Waals surface area (Å²) in [5.74, 6) is -0.348. The van der Waals surface area contributed by atoms with Crippen LogP contribution in [0.25, 0.3) is 0 Å². The molecule has 2 heterocycles. The van der Waals surface area contributed by atoms with Crippen LogP contribution in [-0.2, 0) is 13.2 Å². The number of benzene rings is 2. The number of amides is 2. The molecule has 166 valence electrons. The molecule has 1 aromatic heterocycles. The highest BCUT2D eigenvalue weighted by Crippen LogP contribution is 2.21. The molecular formula is C24H26N4O3S. The van der Waals surface area contributed by atoms with E-state index in [1.54, 1.807) is 42.5 Å². The molecule has 0 radical (unpaired) electrons. The molecule has 32 heavy (non-hydrogen) atoms. The number of carbonyl (C=O) groups excluding carboxylic acids is 2. The molecule has 2 aromatic carbocycles. The fourth-order valence-electron chi connectivity index (χ4n) is 3.71. The normalized spacial score (nSPS) is 14.1. The Morgan fingerprint density at radius 2 is 1.91 bits per heavy atom. The van der Waals surface area contributed by atoms with E-state index in [0.717, 1.165) is 30.9 Å². The first-order chi connectivity index (χ1) is 15.6. The maximum absolute atomic E-state index is 12.7. The summed E-state index contributed by atoms with van der Waals surface area (Å²) < 4.78 is 5.77. The van der Waals surface area contributed by atoms with Gasteiger partial charge in [0, 0.05) is 17.5 Å². The zero-order valence-electron chi connectivity index (χ0n) is 17.8. The zero-order chi connectivity index (χ0) is 22.3. The number of hydrogen-bond acceptors (Lipinski definition) is 6. The van der Waals surface area contributed by atoms with Gasteiger partial charge in [-0.05, 0) is 55.8 Å². The molecule has 3 N–H and O–H groups in total. The Hall–Kier alpha value is -3.23. The van der Waals surface area contributed by atoms with Gasteiger partial charge < -0.3 is 10.5 Å². The number of para-hydroxylation sites is 1. The van der Waals surface area contributed by atoms with Crippen LogP contribution in [0.1, 0.15) is 51.2 Å². The molecule has 0 bridgehead atoms. The second-order valence-corrected chi connectivity index (χ2v) is 8.64. The standard InChI is InChI=1S/C24H26N4O3S/c25-22(29)20-9-2-3-10-21(20)31-15-17-7-6-8-18(13-17)23(30)27-24-26-19(16-32-24)14-28-11-4-1-5-12-28/h2-3,6-10,13,16H,1,4-5,11-12,14-15H2,(H2,25,29)(H,26,27,30). The quantitative estimate of drug-likeness (QED) is 0.539. The highest BCUT2D eigenvalue weighted by Gasteiger charge is 2.14. The van der Waals surface area contributed by atoms with Crippen LogP contribution in [0.4, 0.5) is 5.13 Å². The predicted molar refractivity (Wildman–Crippen MR) is 125 cm³/mol. The number of ether oxygens (including phenoxy) is 1. The van der Waals surface area contributed by atoms with Crippen molar-refractivity contribution in [3.63, 3.8) is 0 Å². The largest absolute Gasteiger partial charge is 0.488 e. The number of nitrogens with one attached hydrogen (secondary N) is 1. The summed E-state index contributed by atoms with van der Waals surface area (Å²) >= 11 is 1.44. The lowest BCUT2D eigenvalue weighted by atomic mass is 10.1. The first kappa shape index (κ1) is 22.0. The van der Waals surface area contributed by atoms with Gasteiger partial charge >= 0.3 is 0 Å². The average Bonchev–Trinajstić information content (AvgIpc) is 3.25. The summed E-state index contributed by atoms with van der Waals surface area (Å²) in [6.07, 6.45) is 3.78. The van der Waals surface area contributed by atoms with E-state index >= 15 is 0 Å². The third-order valence-corrected chi connectivity index (χ3v) is 6.15. The molecule has 0 atom stereocenters. The van der Waals surface area contributed by atoms with Gasteiger partial charge in [-0.3, -0.25) is 19.8 Å². The molecular weight excluding hydrogens is 424 g/mol. The van der Waals surface area contributed by atoms with Gasteiger partial charge in [-0.2, -0.15) is 0 Å². The van der Waals surface area contributed by atoms with Gasteiger partial charge in [-0.15, -0.1) is 11.3 Å². The Morgan fingerprint density at radius 3 is 2.72 bits per heavy atom. The molecule has 1 saturated heterocycles. The van der Waals surface area contributed by atoms with E-state index in [-0.39, 0.29) is 12.5 Å². The summed E-state index contributed by atoms with van der Waals surface area (Å²) in [6.45, 7) is 3.25. The van der Waals surface area contributed by atoms with E-state index in [9.17, 15) is 9.59 Å². The molecule has 1 aliphatic rings. The fraction of sp³-hybridized carbons (Fsp3) is 0.292. The van der Waals surface area contributed by atoms with Crippen LogP contribution >= 0.6 is 11.3 Å². The molecule has 0 spiro atoms. The minimum absolute atomic E-state index is 0.211. The molecule has 4 rings (SSSR count). The van der Waals surface area contributed by atoms with Crippen LogP contribution in [-0.4, -0.2) is 34.8 Å². The number of primary amides is 1. The monoisotopic (exact) mass is 450 g/mol. The topological polar surface area (TPSA) is 97.6 Å². The van der Waals surface area contributed by atoms with E-state index in [2.05, 4.69) is 15.2 Å². The van der Waals surface area contributed by atoms with Crippen LogP contribution < -0.4 is 15.8 Å². The number of nitrogens with two attached hydrogens (primary N) is 1. The van der Waals surface area contributed by atoms with Crippen molar-refractivity contribution in [2.24, 2.45) is 5.73 Å². The number of piperidine rings is 1. The fourth-order valence-corrected chi connectivity index (χ4v) is 4.41. The average molecular weight is 451 g/mol. The second-order valence-electron chi connectivity index (χ2n) is 7.78. The van der Waals surface area contributed by atoms with Gasteiger partial charge in [0.05, 0.1) is 11.3 Å². The number of likely N-dealkylation sites (tertiary alicyclic amines) is 1. The van der Waals surface area contributed by atoms with Crippen LogP contribution in [0.3, 0.4) is 0 Å². The van der Waals surface area contributed by atoms with Crippen molar-refractivity contribution < 1.29 is 14.3 Å². The molecule has 7 nitrogen and oxygen atoms in total. The molecule has 0 saturated carbocycles. The van der Waals surface area contributed by atoms with Crippen molar-refractivity contribution >= 4 is 28.3 Å². The Morgan fingerprint density at radius 1 is 1.09 bits per heavy atom. The predicted octanol–water partition coefficient (Wildman–Crippen LogP) is 4.06. The smallest absolute Gasteiger partial charge is 0.257 e. The maximum atomic E-state index is 12.7. The molecule has 2 amide bonds. The number of nitrogens with zero attached hydrogens (tertiary/aromatic N) is 2. The van der Waals surface area contributed by atoms with Crippen molar-refractivity contribution in [3.8, 4) is 5.75 Å². The van der Waals surface area contributed by atoms with E-state index in [1.807, 2.05) is 11.4 Å². The van der Waals surface area contributed by atoms with Crippen LogP contribution in [0.15, 0.2) is 53.9 Å². The Labute approximate surface area is 191 Å². The lowest BCUT2D eigenvalue weighted by Crippen LogP contribution is -2.29. The van der Waals surface area contributed by atoms with Crippen molar-refractivity contribution in [1.29, 1.82) is 0 Å². The lowest BCUT2D eigenvalue weighted by Gasteiger charge is -2.25. The summed E-state index contributed by atoms with van der Waals surface area (Å²) in [5.41, 5.74) is 8.03. The Kier molecular flexibility index (Phi) is 7.14. The van der Waals surface area contributed by atoms with Crippen molar-refractivity contribution in [2.45, 2.75) is 32.4 Å². The molecule has 0 unspecified atom stereocenters. The summed E-state index contributed by atoms with van der Waals surface area (Å²) in [7, 11) is 0. The van der Waals surface area contributed by atoms with E-state index in [1.165, 1.54) is 30.6 Å². The van der Waals surface area contributed by atoms with Crippen molar-refractivity contribution in [1.82, 2.24) is 9.88 Å². The number of anilines is 1. The molecule has 3 aromatic rings. The third-order valence-electron chi connectivity index (χ3n) is 5.34. The van der Waals surface area contributed by atoms with Crippen LogP contribution in [0.5, 0.6) is 5.75 Å². The number of thiazole rings is 1. The Balaban J connectivity index is 1.36. The van der Waals surface area contributed by atoms with E-state index < -0.39 is 5.91 Å². The number of aromatic nitrogens is 1. The minimum Gasteiger partial charge on any atom is -0.488 e. The second kappa shape index (κ2) is 10.4. The van der Waals surface area contributed by atoms with Gasteiger partial charge in [0.25, 0.3) is 11.8 Å². The number of rotatable bonds is 8. The summed E-state index contributed by atoms with van der Waals surface area (Å²) in [6, 6.07) is 14.0. The van der Waals surface area contributed by atoms with Gasteiger partial charge in [0.15, 0.2) is 5.13 Å². The third kappa shape index (κ3) is 5.72. The van der Waals surface area contributed by atoms with E-state index in [4.69, 9.17) is 10.5 Å². The highest BCUT2D eigenvalue weighted by molar-refractivity contribution is 7.14. The molecule has 8 heteroatoms. The maximum Gasteiger partial charge on any atom is 0.257 e. The van der Waals surface area contributed by atoms with Gasteiger partial charge in [0.1, 0.15) is 12.4 Å². The van der Waals surface area contributed by atoms with Crippen molar-refractivity contribution in [2.75, 3.05) is 18.4 Å². The summed E-state index contributed by atoms with van der Waals surface area (Å²) in [4.78, 5) is 31.2. The Bertz CT molecular complexity index is 1090. The molecule has 0 aliphatic carbocycles.